The molecule has 6 aromatic rings. The number of para-hydroxylation sites is 3. The molecule has 2 aliphatic rings. The van der Waals surface area contributed by atoms with Crippen LogP contribution in [0.15, 0.2) is 158 Å². The van der Waals surface area contributed by atoms with Gasteiger partial charge in [0, 0.05) is 24.3 Å². The number of halogens is 6. The third-order valence-corrected chi connectivity index (χ3v) is 9.16. The normalized spacial score (nSPS) is 15.7. The zero-order valence-electron chi connectivity index (χ0n) is 30.5. The topological polar surface area (TPSA) is 62.8 Å². The fourth-order valence-electron chi connectivity index (χ4n) is 6.67. The van der Waals surface area contributed by atoms with Crippen LogP contribution in [-0.4, -0.2) is 25.6 Å². The summed E-state index contributed by atoms with van der Waals surface area (Å²) in [6.45, 7) is 1.18. The predicted octanol–water partition coefficient (Wildman–Crippen LogP) is 11.9. The number of nitrogens with one attached hydrogen (secondary N) is 2. The number of alkyl halides is 6. The van der Waals surface area contributed by atoms with E-state index in [1.807, 2.05) is 48.5 Å². The van der Waals surface area contributed by atoms with Crippen molar-refractivity contribution in [2.24, 2.45) is 0 Å². The standard InChI is InChI=1S/C22H19F3N2O.C15H15N.C8H5F3O2/c23-22(24,25)28-18-10-6-7-16(13-18)14-27-15-20(17-8-2-1-3-9-17)26-19-11-4-5-12-21(19)27;1-2-6-12(7-3-1)15-11-10-13-8-4-5-9-14(13)16-15;9-8(10,11)13-7-3-1-2-6(4-7)5-12/h1-13,20,26H,14-15H2;1-9,15-16H,10-11H2;1-5H. The van der Waals surface area contributed by atoms with Gasteiger partial charge in [-0.3, -0.25) is 4.79 Å². The minimum absolute atomic E-state index is 0.0886. The maximum Gasteiger partial charge on any atom is 0.573 e. The molecule has 12 heteroatoms. The summed E-state index contributed by atoms with van der Waals surface area (Å²) in [4.78, 5) is 12.4. The number of aldehydes is 1. The van der Waals surface area contributed by atoms with Crippen LogP contribution in [0.4, 0.5) is 43.4 Å². The molecule has 0 fully saturated rings. The summed E-state index contributed by atoms with van der Waals surface area (Å²) in [6.07, 6.45) is -6.62. The smallest absolute Gasteiger partial charge is 0.406 e. The highest BCUT2D eigenvalue weighted by Crippen LogP contribution is 2.37. The van der Waals surface area contributed by atoms with E-state index in [0.717, 1.165) is 34.6 Å². The number of rotatable bonds is 7. The van der Waals surface area contributed by atoms with Crippen LogP contribution in [-0.2, 0) is 13.0 Å². The number of carbonyl (C=O) groups is 1. The molecule has 294 valence electrons. The van der Waals surface area contributed by atoms with Gasteiger partial charge >= 0.3 is 12.7 Å². The molecule has 0 aliphatic carbocycles. The monoisotopic (exact) mass is 783 g/mol. The van der Waals surface area contributed by atoms with Gasteiger partial charge in [-0.25, -0.2) is 0 Å². The highest BCUT2D eigenvalue weighted by molar-refractivity contribution is 5.75. The summed E-state index contributed by atoms with van der Waals surface area (Å²) in [7, 11) is 0. The van der Waals surface area contributed by atoms with Crippen molar-refractivity contribution >= 4 is 23.3 Å². The lowest BCUT2D eigenvalue weighted by Crippen LogP contribution is -2.36. The Morgan fingerprint density at radius 3 is 1.79 bits per heavy atom. The number of benzene rings is 6. The lowest BCUT2D eigenvalue weighted by Gasteiger charge is -2.37. The second kappa shape index (κ2) is 18.5. The average molecular weight is 784 g/mol. The van der Waals surface area contributed by atoms with Gasteiger partial charge in [-0.1, -0.05) is 115 Å². The van der Waals surface area contributed by atoms with Gasteiger partial charge in [0.15, 0.2) is 0 Å². The number of anilines is 3. The van der Waals surface area contributed by atoms with E-state index >= 15 is 0 Å². The van der Waals surface area contributed by atoms with Crippen LogP contribution >= 0.6 is 0 Å². The number of aryl methyl sites for hydroxylation is 1. The van der Waals surface area contributed by atoms with Crippen molar-refractivity contribution in [2.45, 2.75) is 44.2 Å². The van der Waals surface area contributed by atoms with Crippen LogP contribution < -0.4 is 25.0 Å². The predicted molar refractivity (Wildman–Crippen MR) is 210 cm³/mol. The number of ether oxygens (including phenoxy) is 2. The molecule has 0 bridgehead atoms. The molecule has 0 spiro atoms. The van der Waals surface area contributed by atoms with Crippen LogP contribution in [0.5, 0.6) is 11.5 Å². The van der Waals surface area contributed by atoms with Gasteiger partial charge in [-0.15, -0.1) is 26.3 Å². The minimum atomic E-state index is -4.72. The van der Waals surface area contributed by atoms with Crippen molar-refractivity contribution in [3.05, 3.63) is 186 Å². The Balaban J connectivity index is 0.000000160. The highest BCUT2D eigenvalue weighted by atomic mass is 19.4. The molecule has 2 heterocycles. The largest absolute Gasteiger partial charge is 0.573 e. The third kappa shape index (κ3) is 12.0. The zero-order valence-corrected chi connectivity index (χ0v) is 30.5. The maximum atomic E-state index is 12.5. The first-order chi connectivity index (χ1) is 27.4. The first-order valence-corrected chi connectivity index (χ1v) is 18.1. The van der Waals surface area contributed by atoms with Crippen molar-refractivity contribution < 1.29 is 40.6 Å². The molecule has 8 rings (SSSR count). The Morgan fingerprint density at radius 1 is 0.596 bits per heavy atom. The fraction of sp³-hybridized carbons (Fsp3) is 0.178. The Bertz CT molecular complexity index is 2200. The number of fused-ring (bicyclic) bond motifs is 2. The fourth-order valence-corrected chi connectivity index (χ4v) is 6.67. The molecule has 2 unspecified atom stereocenters. The summed E-state index contributed by atoms with van der Waals surface area (Å²) >= 11 is 0. The van der Waals surface area contributed by atoms with E-state index in [0.29, 0.717) is 25.4 Å². The molecule has 6 aromatic carbocycles. The van der Waals surface area contributed by atoms with Gasteiger partial charge in [0.2, 0.25) is 0 Å². The van der Waals surface area contributed by atoms with Gasteiger partial charge in [0.1, 0.15) is 17.8 Å². The second-order valence-corrected chi connectivity index (χ2v) is 13.2. The molecule has 0 aromatic heterocycles. The van der Waals surface area contributed by atoms with Crippen molar-refractivity contribution in [3.63, 3.8) is 0 Å². The lowest BCUT2D eigenvalue weighted by molar-refractivity contribution is -0.275. The molecule has 0 amide bonds. The van der Waals surface area contributed by atoms with Crippen LogP contribution in [0.25, 0.3) is 0 Å². The molecule has 0 radical (unpaired) electrons. The number of hydrogen-bond acceptors (Lipinski definition) is 6. The first-order valence-electron chi connectivity index (χ1n) is 18.1. The van der Waals surface area contributed by atoms with E-state index in [1.165, 1.54) is 53.9 Å². The Labute approximate surface area is 326 Å². The SMILES string of the molecule is FC(F)(F)Oc1cccc(CN2CC(c3ccccc3)Nc3ccccc32)c1.O=Cc1cccc(OC(F)(F)F)c1.c1ccc(C2CCc3ccccc3N2)cc1. The molecule has 6 nitrogen and oxygen atoms in total. The van der Waals surface area contributed by atoms with E-state index in [4.69, 9.17) is 0 Å². The van der Waals surface area contributed by atoms with E-state index in [-0.39, 0.29) is 17.4 Å². The molecule has 2 atom stereocenters. The quantitative estimate of drug-likeness (QED) is 0.124. The molecule has 0 saturated carbocycles. The number of hydrogen-bond donors (Lipinski definition) is 2. The van der Waals surface area contributed by atoms with Gasteiger partial charge in [-0.2, -0.15) is 0 Å². The third-order valence-electron chi connectivity index (χ3n) is 9.16. The Hall–Kier alpha value is -6.43. The van der Waals surface area contributed by atoms with Gasteiger partial charge in [0.05, 0.1) is 23.5 Å². The van der Waals surface area contributed by atoms with E-state index in [2.05, 4.69) is 91.7 Å². The zero-order chi connectivity index (χ0) is 40.3. The van der Waals surface area contributed by atoms with Crippen molar-refractivity contribution in [3.8, 4) is 11.5 Å². The molecule has 2 aliphatic heterocycles. The summed E-state index contributed by atoms with van der Waals surface area (Å²) in [5.74, 6) is -0.592. The van der Waals surface area contributed by atoms with Gasteiger partial charge < -0.3 is 25.0 Å². The summed E-state index contributed by atoms with van der Waals surface area (Å²) in [5.41, 5.74) is 8.21. The van der Waals surface area contributed by atoms with Gasteiger partial charge in [0.25, 0.3) is 0 Å². The van der Waals surface area contributed by atoms with E-state index < -0.39 is 18.5 Å². The van der Waals surface area contributed by atoms with Gasteiger partial charge in [-0.05, 0) is 77.6 Å². The first kappa shape index (κ1) is 40.2. The number of carbonyl (C=O) groups excluding carboxylic acids is 1. The molecule has 2 N–H and O–H groups in total. The van der Waals surface area contributed by atoms with Crippen molar-refractivity contribution in [1.82, 2.24) is 0 Å². The Kier molecular flexibility index (Phi) is 13.0. The molecule has 0 saturated heterocycles. The van der Waals surface area contributed by atoms with E-state index in [1.54, 1.807) is 6.07 Å². The van der Waals surface area contributed by atoms with Crippen LogP contribution in [0.3, 0.4) is 0 Å². The average Bonchev–Trinajstić information content (AvgIpc) is 3.21. The van der Waals surface area contributed by atoms with Crippen molar-refractivity contribution in [1.29, 1.82) is 0 Å². The maximum absolute atomic E-state index is 12.5. The van der Waals surface area contributed by atoms with E-state index in [9.17, 15) is 31.1 Å². The Morgan fingerprint density at radius 2 is 1.14 bits per heavy atom. The van der Waals surface area contributed by atoms with Crippen LogP contribution in [0.2, 0.25) is 0 Å². The minimum Gasteiger partial charge on any atom is -0.406 e. The number of nitrogens with zero attached hydrogens (tertiary/aromatic N) is 1. The van der Waals surface area contributed by atoms with Crippen molar-refractivity contribution in [2.75, 3.05) is 22.1 Å². The second-order valence-electron chi connectivity index (χ2n) is 13.2. The van der Waals surface area contributed by atoms with Crippen LogP contribution in [0, 0.1) is 0 Å². The molecular weight excluding hydrogens is 745 g/mol. The highest BCUT2D eigenvalue weighted by Gasteiger charge is 2.32. The summed E-state index contributed by atoms with van der Waals surface area (Å²) < 4.78 is 80.2. The lowest BCUT2D eigenvalue weighted by atomic mass is 9.94. The summed E-state index contributed by atoms with van der Waals surface area (Å²) in [5, 5.41) is 7.17. The molecular formula is C45H39F6N3O3. The molecule has 57 heavy (non-hydrogen) atoms. The van der Waals surface area contributed by atoms with Crippen LogP contribution in [0.1, 0.15) is 51.1 Å². The summed E-state index contributed by atoms with van der Waals surface area (Å²) in [6, 6.07) is 48.9.